The fourth-order valence-electron chi connectivity index (χ4n) is 2.77. The van der Waals surface area contributed by atoms with Crippen molar-refractivity contribution < 1.29 is 14.3 Å². The first-order valence-corrected chi connectivity index (χ1v) is 12.2. The lowest BCUT2D eigenvalue weighted by Gasteiger charge is -2.07. The van der Waals surface area contributed by atoms with Crippen LogP contribution < -0.4 is 0 Å². The smallest absolute Gasteiger partial charge is 0.337 e. The Morgan fingerprint density at radius 3 is 2.50 bits per heavy atom. The largest absolute Gasteiger partial charge is 0.465 e. The Morgan fingerprint density at radius 1 is 1.09 bits per heavy atom. The van der Waals surface area contributed by atoms with Gasteiger partial charge in [0.05, 0.1) is 27.5 Å². The van der Waals surface area contributed by atoms with E-state index in [-0.39, 0.29) is 5.91 Å². The molecule has 4 rings (SSSR count). The number of ether oxygens (including phenoxy) is 1. The van der Waals surface area contributed by atoms with Crippen molar-refractivity contribution in [1.82, 2.24) is 4.90 Å². The first kappa shape index (κ1) is 22.7. The number of nitrogens with zero attached hydrogens (tertiary/aromatic N) is 2. The molecule has 0 radical (unpaired) electrons. The van der Waals surface area contributed by atoms with Crippen LogP contribution in [0.3, 0.4) is 0 Å². The average molecular weight is 501 g/mol. The molecular weight excluding hydrogens is 484 g/mol. The molecule has 2 aromatic carbocycles. The van der Waals surface area contributed by atoms with Crippen LogP contribution in [0, 0.1) is 0 Å². The molecule has 0 saturated carbocycles. The zero-order valence-electron chi connectivity index (χ0n) is 17.1. The van der Waals surface area contributed by atoms with Crippen molar-refractivity contribution in [3.63, 3.8) is 0 Å². The van der Waals surface area contributed by atoms with Crippen LogP contribution in [0.5, 0.6) is 0 Å². The van der Waals surface area contributed by atoms with Crippen molar-refractivity contribution >= 4 is 75.3 Å². The molecule has 0 atom stereocenters. The summed E-state index contributed by atoms with van der Waals surface area (Å²) in [6.07, 6.45) is 1.89. The van der Waals surface area contributed by atoms with E-state index in [4.69, 9.17) is 16.3 Å². The molecule has 1 saturated heterocycles. The van der Waals surface area contributed by atoms with E-state index in [0.29, 0.717) is 26.3 Å². The van der Waals surface area contributed by atoms with Gasteiger partial charge in [-0.3, -0.25) is 9.69 Å². The summed E-state index contributed by atoms with van der Waals surface area (Å²) in [5.41, 5.74) is 1.10. The molecule has 1 aromatic heterocycles. The molecule has 32 heavy (non-hydrogen) atoms. The standard InChI is InChI=1S/C23H17ClN2O3S3/c1-26-21(27)19(32-23(26)25-16-7-3-14(4-8-16)22(28)29-2)13-18-11-12-20(31-18)30-17-9-5-15(24)6-10-17/h3-13H,1-2H3/b19-13-,25-23?. The number of aliphatic imine (C=N–C) groups is 1. The fraction of sp³-hybridized carbons (Fsp3) is 0.0870. The Morgan fingerprint density at radius 2 is 1.81 bits per heavy atom. The molecule has 9 heteroatoms. The molecule has 1 fully saturated rings. The van der Waals surface area contributed by atoms with Gasteiger partial charge in [-0.1, -0.05) is 23.4 Å². The van der Waals surface area contributed by atoms with Crippen LogP contribution in [0.4, 0.5) is 5.69 Å². The summed E-state index contributed by atoms with van der Waals surface area (Å²) in [6.45, 7) is 0. The molecule has 5 nitrogen and oxygen atoms in total. The van der Waals surface area contributed by atoms with Crippen molar-refractivity contribution in [2.45, 2.75) is 9.10 Å². The highest BCUT2D eigenvalue weighted by atomic mass is 35.5. The predicted octanol–water partition coefficient (Wildman–Crippen LogP) is 6.57. The number of amidine groups is 1. The number of halogens is 1. The predicted molar refractivity (Wildman–Crippen MR) is 133 cm³/mol. The van der Waals surface area contributed by atoms with Crippen LogP contribution >= 0.6 is 46.5 Å². The van der Waals surface area contributed by atoms with E-state index in [9.17, 15) is 9.59 Å². The molecule has 3 aromatic rings. The molecule has 1 aliphatic rings. The van der Waals surface area contributed by atoms with Crippen LogP contribution in [-0.4, -0.2) is 36.1 Å². The summed E-state index contributed by atoms with van der Waals surface area (Å²) in [5.74, 6) is -0.498. The minimum absolute atomic E-state index is 0.0970. The highest BCUT2D eigenvalue weighted by Gasteiger charge is 2.30. The minimum Gasteiger partial charge on any atom is -0.465 e. The number of hydrogen-bond acceptors (Lipinski definition) is 7. The number of thiophene rings is 1. The first-order valence-electron chi connectivity index (χ1n) is 9.41. The van der Waals surface area contributed by atoms with Gasteiger partial charge >= 0.3 is 5.97 Å². The Bertz CT molecular complexity index is 1220. The van der Waals surface area contributed by atoms with E-state index in [0.717, 1.165) is 14.0 Å². The van der Waals surface area contributed by atoms with Crippen LogP contribution in [0.25, 0.3) is 6.08 Å². The lowest BCUT2D eigenvalue weighted by Crippen LogP contribution is -2.23. The van der Waals surface area contributed by atoms with Gasteiger partial charge in [0.15, 0.2) is 5.17 Å². The quantitative estimate of drug-likeness (QED) is 0.293. The van der Waals surface area contributed by atoms with Crippen molar-refractivity contribution in [3.05, 3.63) is 81.0 Å². The molecule has 1 amide bonds. The zero-order valence-corrected chi connectivity index (χ0v) is 20.3. The van der Waals surface area contributed by atoms with Gasteiger partial charge in [-0.2, -0.15) is 0 Å². The molecule has 0 aliphatic carbocycles. The van der Waals surface area contributed by atoms with E-state index in [1.54, 1.807) is 54.4 Å². The summed E-state index contributed by atoms with van der Waals surface area (Å²) < 4.78 is 5.83. The van der Waals surface area contributed by atoms with Gasteiger partial charge in [0.25, 0.3) is 5.91 Å². The molecule has 1 aliphatic heterocycles. The number of methoxy groups -OCH3 is 1. The van der Waals surface area contributed by atoms with Crippen molar-refractivity contribution in [1.29, 1.82) is 0 Å². The Balaban J connectivity index is 1.48. The van der Waals surface area contributed by atoms with Crippen LogP contribution in [0.2, 0.25) is 5.02 Å². The van der Waals surface area contributed by atoms with Crippen molar-refractivity contribution in [2.75, 3.05) is 14.2 Å². The van der Waals surface area contributed by atoms with Gasteiger partial charge in [0.1, 0.15) is 0 Å². The summed E-state index contributed by atoms with van der Waals surface area (Å²) in [7, 11) is 3.04. The minimum atomic E-state index is -0.401. The number of carbonyl (C=O) groups is 2. The molecule has 162 valence electrons. The van der Waals surface area contributed by atoms with Crippen LogP contribution in [0.1, 0.15) is 15.2 Å². The van der Waals surface area contributed by atoms with Crippen LogP contribution in [-0.2, 0) is 9.53 Å². The Kier molecular flexibility index (Phi) is 7.05. The van der Waals surface area contributed by atoms with E-state index in [2.05, 4.69) is 4.99 Å². The monoisotopic (exact) mass is 500 g/mol. The molecule has 0 unspecified atom stereocenters. The number of amides is 1. The number of rotatable bonds is 5. The molecule has 0 N–H and O–H groups in total. The molecule has 0 spiro atoms. The lowest BCUT2D eigenvalue weighted by atomic mass is 10.2. The van der Waals surface area contributed by atoms with Gasteiger partial charge in [-0.25, -0.2) is 9.79 Å². The van der Waals surface area contributed by atoms with E-state index in [1.165, 1.54) is 23.8 Å². The number of esters is 1. The van der Waals surface area contributed by atoms with E-state index < -0.39 is 5.97 Å². The zero-order chi connectivity index (χ0) is 22.7. The van der Waals surface area contributed by atoms with E-state index in [1.807, 2.05) is 42.5 Å². The average Bonchev–Trinajstić information content (AvgIpc) is 3.35. The molecular formula is C23H17ClN2O3S3. The lowest BCUT2D eigenvalue weighted by molar-refractivity contribution is -0.121. The van der Waals surface area contributed by atoms with Gasteiger partial charge in [0, 0.05) is 21.8 Å². The number of thioether (sulfide) groups is 1. The summed E-state index contributed by atoms with van der Waals surface area (Å²) in [5, 5.41) is 1.29. The third-order valence-corrected chi connectivity index (χ3v) is 7.91. The van der Waals surface area contributed by atoms with Gasteiger partial charge in [0.2, 0.25) is 0 Å². The van der Waals surface area contributed by atoms with Gasteiger partial charge in [-0.05, 0) is 78.5 Å². The summed E-state index contributed by atoms with van der Waals surface area (Å²) in [6, 6.07) is 18.5. The Hall–Kier alpha value is -2.52. The van der Waals surface area contributed by atoms with Crippen molar-refractivity contribution in [2.24, 2.45) is 4.99 Å². The number of benzene rings is 2. The second kappa shape index (κ2) is 9.95. The number of hydrogen-bond donors (Lipinski definition) is 0. The SMILES string of the molecule is COC(=O)c1ccc(N=C2S/C(=C\c3ccc(Sc4ccc(Cl)cc4)s3)C(=O)N2C)cc1. The number of carbonyl (C=O) groups excluding carboxylic acids is 2. The normalized spacial score (nSPS) is 16.2. The maximum atomic E-state index is 12.7. The van der Waals surface area contributed by atoms with Gasteiger partial charge in [-0.15, -0.1) is 11.3 Å². The fourth-order valence-corrected chi connectivity index (χ4v) is 6.01. The number of likely N-dealkylation sites (N-methyl/N-ethyl adjacent to an activating group) is 1. The summed E-state index contributed by atoms with van der Waals surface area (Å²) >= 11 is 10.5. The summed E-state index contributed by atoms with van der Waals surface area (Å²) in [4.78, 5) is 33.1. The maximum absolute atomic E-state index is 12.7. The van der Waals surface area contributed by atoms with Crippen LogP contribution in [0.15, 0.2) is 79.7 Å². The first-order chi connectivity index (χ1) is 15.4. The third kappa shape index (κ3) is 5.27. The second-order valence-electron chi connectivity index (χ2n) is 6.62. The van der Waals surface area contributed by atoms with E-state index >= 15 is 0 Å². The Labute approximate surface area is 203 Å². The molecule has 0 bridgehead atoms. The second-order valence-corrected chi connectivity index (χ2v) is 10.6. The molecule has 2 heterocycles. The highest BCUT2D eigenvalue weighted by Crippen LogP contribution is 2.37. The third-order valence-electron chi connectivity index (χ3n) is 4.42. The topological polar surface area (TPSA) is 59.0 Å². The highest BCUT2D eigenvalue weighted by molar-refractivity contribution is 8.18. The maximum Gasteiger partial charge on any atom is 0.337 e. The van der Waals surface area contributed by atoms with Crippen molar-refractivity contribution in [3.8, 4) is 0 Å². The van der Waals surface area contributed by atoms with Gasteiger partial charge < -0.3 is 4.74 Å².